The van der Waals surface area contributed by atoms with Crippen LogP contribution in [0.5, 0.6) is 0 Å². The molecule has 3 aromatic heterocycles. The highest BCUT2D eigenvalue weighted by Crippen LogP contribution is 2.42. The molecule has 2 amide bonds. The van der Waals surface area contributed by atoms with E-state index in [1.165, 1.54) is 12.1 Å². The van der Waals surface area contributed by atoms with E-state index in [0.29, 0.717) is 68.5 Å². The lowest BCUT2D eigenvalue weighted by molar-refractivity contribution is -0.132. The van der Waals surface area contributed by atoms with E-state index in [0.717, 1.165) is 27.4 Å². The van der Waals surface area contributed by atoms with Gasteiger partial charge in [0.25, 0.3) is 0 Å². The van der Waals surface area contributed by atoms with Crippen LogP contribution < -0.4 is 4.90 Å². The van der Waals surface area contributed by atoms with Crippen LogP contribution in [0.2, 0.25) is 0 Å². The third-order valence-electron chi connectivity index (χ3n) is 9.20. The SMILES string of the molecule is Cc1ccc(N2CC[C@]3(CCN(CC(=O)N4CC=C(c5ncc(-c6ncn(C)n6)s5)CC4)C3)C2=O)nc1C(=N)c1ccc(F)cc1. The van der Waals surface area contributed by atoms with Gasteiger partial charge in [-0.25, -0.2) is 19.3 Å². The second-order valence-corrected chi connectivity index (χ2v) is 13.3. The number of hydrogen-bond acceptors (Lipinski definition) is 9. The van der Waals surface area contributed by atoms with Crippen molar-refractivity contribution in [3.63, 3.8) is 0 Å². The molecule has 6 heterocycles. The first-order chi connectivity index (χ1) is 22.2. The molecule has 0 unspecified atom stereocenters. The third kappa shape index (κ3) is 5.64. The maximum atomic E-state index is 13.8. The van der Waals surface area contributed by atoms with Crippen LogP contribution in [0, 0.1) is 23.6 Å². The highest BCUT2D eigenvalue weighted by molar-refractivity contribution is 7.16. The van der Waals surface area contributed by atoms with Gasteiger partial charge in [0.2, 0.25) is 11.8 Å². The Labute approximate surface area is 269 Å². The molecule has 2 saturated heterocycles. The average Bonchev–Trinajstić information content (AvgIpc) is 3.87. The van der Waals surface area contributed by atoms with Crippen LogP contribution in [0.25, 0.3) is 16.3 Å². The van der Waals surface area contributed by atoms with Crippen LogP contribution in [-0.2, 0) is 16.6 Å². The van der Waals surface area contributed by atoms with Crippen LogP contribution in [-0.4, -0.2) is 91.3 Å². The molecule has 46 heavy (non-hydrogen) atoms. The minimum Gasteiger partial charge on any atom is -0.338 e. The zero-order valence-corrected chi connectivity index (χ0v) is 26.6. The highest BCUT2D eigenvalue weighted by atomic mass is 32.1. The van der Waals surface area contributed by atoms with Crippen molar-refractivity contribution in [1.82, 2.24) is 34.5 Å². The summed E-state index contributed by atoms with van der Waals surface area (Å²) in [5, 5.41) is 14.0. The molecule has 11 nitrogen and oxygen atoms in total. The van der Waals surface area contributed by atoms with Crippen molar-refractivity contribution in [2.45, 2.75) is 26.2 Å². The highest BCUT2D eigenvalue weighted by Gasteiger charge is 2.51. The Bertz CT molecular complexity index is 1870. The van der Waals surface area contributed by atoms with Gasteiger partial charge in [0.05, 0.1) is 28.2 Å². The van der Waals surface area contributed by atoms with E-state index in [4.69, 9.17) is 10.4 Å². The number of aromatic nitrogens is 5. The first-order valence-corrected chi connectivity index (χ1v) is 16.2. The van der Waals surface area contributed by atoms with Crippen LogP contribution in [0.1, 0.15) is 41.1 Å². The minimum absolute atomic E-state index is 0.0207. The summed E-state index contributed by atoms with van der Waals surface area (Å²) in [6.07, 6.45) is 7.67. The number of hydrogen-bond donors (Lipinski definition) is 1. The molecule has 3 aliphatic rings. The minimum atomic E-state index is -0.544. The van der Waals surface area contributed by atoms with Gasteiger partial charge in [-0.05, 0) is 74.2 Å². The molecular weight excluding hydrogens is 605 g/mol. The molecule has 0 bridgehead atoms. The Morgan fingerprint density at radius 1 is 1.09 bits per heavy atom. The number of carbonyl (C=O) groups is 2. The van der Waals surface area contributed by atoms with E-state index in [1.807, 2.05) is 31.0 Å². The first-order valence-electron chi connectivity index (χ1n) is 15.3. The fraction of sp³-hybridized carbons (Fsp3) is 0.364. The summed E-state index contributed by atoms with van der Waals surface area (Å²) in [5.74, 6) is 0.902. The molecule has 1 atom stereocenters. The zero-order valence-electron chi connectivity index (χ0n) is 25.7. The third-order valence-corrected chi connectivity index (χ3v) is 10.3. The van der Waals surface area contributed by atoms with Gasteiger partial charge in [-0.2, -0.15) is 5.10 Å². The number of halogens is 1. The summed E-state index contributed by atoms with van der Waals surface area (Å²) in [7, 11) is 1.83. The van der Waals surface area contributed by atoms with Crippen LogP contribution in [0.15, 0.2) is 55.0 Å². The van der Waals surface area contributed by atoms with Gasteiger partial charge in [0, 0.05) is 45.0 Å². The van der Waals surface area contributed by atoms with Crippen molar-refractivity contribution in [3.8, 4) is 10.7 Å². The van der Waals surface area contributed by atoms with Gasteiger partial charge in [0.1, 0.15) is 23.0 Å². The lowest BCUT2D eigenvalue weighted by Gasteiger charge is -2.28. The van der Waals surface area contributed by atoms with Gasteiger partial charge in [-0.1, -0.05) is 12.1 Å². The molecule has 4 aromatic rings. The summed E-state index contributed by atoms with van der Waals surface area (Å²) < 4.78 is 15.1. The number of likely N-dealkylation sites (tertiary alicyclic amines) is 1. The number of pyridine rings is 1. The Balaban J connectivity index is 0.966. The number of amides is 2. The number of rotatable bonds is 7. The smallest absolute Gasteiger partial charge is 0.237 e. The molecule has 0 saturated carbocycles. The number of nitrogens with one attached hydrogen (secondary N) is 1. The van der Waals surface area contributed by atoms with E-state index in [-0.39, 0.29) is 29.9 Å². The second kappa shape index (κ2) is 12.0. The zero-order chi connectivity index (χ0) is 32.0. The van der Waals surface area contributed by atoms with Crippen molar-refractivity contribution in [2.75, 3.05) is 44.2 Å². The molecule has 0 radical (unpaired) electrons. The molecule has 3 aliphatic heterocycles. The van der Waals surface area contributed by atoms with Gasteiger partial charge in [-0.15, -0.1) is 11.3 Å². The Hall–Kier alpha value is -4.62. The first kappa shape index (κ1) is 30.1. The fourth-order valence-electron chi connectivity index (χ4n) is 6.55. The van der Waals surface area contributed by atoms with Crippen LogP contribution >= 0.6 is 11.3 Å². The van der Waals surface area contributed by atoms with E-state index in [9.17, 15) is 14.0 Å². The van der Waals surface area contributed by atoms with Crippen LogP contribution in [0.3, 0.4) is 0 Å². The van der Waals surface area contributed by atoms with Gasteiger partial charge in [-0.3, -0.25) is 29.5 Å². The molecular formula is C33H34FN9O2S. The fourth-order valence-corrected chi connectivity index (χ4v) is 7.47. The van der Waals surface area contributed by atoms with Crippen molar-refractivity contribution >= 4 is 40.3 Å². The van der Waals surface area contributed by atoms with Gasteiger partial charge >= 0.3 is 0 Å². The number of benzene rings is 1. The summed E-state index contributed by atoms with van der Waals surface area (Å²) >= 11 is 1.56. The number of carbonyl (C=O) groups excluding carboxylic acids is 2. The average molecular weight is 640 g/mol. The van der Waals surface area contributed by atoms with Gasteiger partial charge < -0.3 is 4.90 Å². The molecule has 1 aromatic carbocycles. The lowest BCUT2D eigenvalue weighted by atomic mass is 9.85. The predicted molar refractivity (Wildman–Crippen MR) is 173 cm³/mol. The van der Waals surface area contributed by atoms with Crippen molar-refractivity contribution in [1.29, 1.82) is 5.41 Å². The standard InChI is InChI=1S/C33H34FN9O2S/c1-21-3-8-26(38-29(21)28(35)22-4-6-24(34)7-5-22)43-16-12-33(32(43)45)11-15-41(19-33)18-27(44)42-13-9-23(10-14-42)31-36-17-25(46-31)30-37-20-40(2)39-30/h3-9,17,20,35H,10-16,18-19H2,1-2H3/t33-/m0/s1. The Kier molecular flexibility index (Phi) is 7.81. The summed E-state index contributed by atoms with van der Waals surface area (Å²) in [4.78, 5) is 47.4. The van der Waals surface area contributed by atoms with Crippen LogP contribution in [0.4, 0.5) is 10.2 Å². The normalized spacial score (nSPS) is 20.2. The molecule has 2 fully saturated rings. The largest absolute Gasteiger partial charge is 0.338 e. The molecule has 7 rings (SSSR count). The maximum Gasteiger partial charge on any atom is 0.237 e. The van der Waals surface area contributed by atoms with E-state index < -0.39 is 5.41 Å². The lowest BCUT2D eigenvalue weighted by Crippen LogP contribution is -2.43. The quantitative estimate of drug-likeness (QED) is 0.304. The molecule has 1 spiro atoms. The van der Waals surface area contributed by atoms with E-state index in [1.54, 1.807) is 45.6 Å². The number of aryl methyl sites for hydroxylation is 2. The number of anilines is 1. The topological polar surface area (TPSA) is 124 Å². The van der Waals surface area contributed by atoms with Crippen molar-refractivity contribution in [3.05, 3.63) is 82.6 Å². The van der Waals surface area contributed by atoms with Gasteiger partial charge in [0.15, 0.2) is 5.82 Å². The summed E-state index contributed by atoms with van der Waals surface area (Å²) in [5.41, 5.74) is 2.61. The number of thiazole rings is 1. The molecule has 236 valence electrons. The van der Waals surface area contributed by atoms with E-state index in [2.05, 4.69) is 26.0 Å². The predicted octanol–water partition coefficient (Wildman–Crippen LogP) is 3.94. The molecule has 13 heteroatoms. The molecule has 1 N–H and O–H groups in total. The number of nitrogens with zero attached hydrogens (tertiary/aromatic N) is 8. The van der Waals surface area contributed by atoms with Crippen molar-refractivity contribution < 1.29 is 14.0 Å². The Morgan fingerprint density at radius 3 is 2.63 bits per heavy atom. The Morgan fingerprint density at radius 2 is 1.89 bits per heavy atom. The van der Waals surface area contributed by atoms with Crippen molar-refractivity contribution in [2.24, 2.45) is 12.5 Å². The summed E-state index contributed by atoms with van der Waals surface area (Å²) in [6.45, 7) is 5.08. The summed E-state index contributed by atoms with van der Waals surface area (Å²) in [6, 6.07) is 9.47. The maximum absolute atomic E-state index is 13.8. The van der Waals surface area contributed by atoms with E-state index >= 15 is 0 Å². The second-order valence-electron chi connectivity index (χ2n) is 12.3. The molecule has 0 aliphatic carbocycles. The monoisotopic (exact) mass is 639 g/mol.